The Balaban J connectivity index is 1.99. The molecular weight excluding hydrogens is 136 g/mol. The van der Waals surface area contributed by atoms with Gasteiger partial charge >= 0.3 is 0 Å². The summed E-state index contributed by atoms with van der Waals surface area (Å²) in [5, 5.41) is 0. The predicted octanol–water partition coefficient (Wildman–Crippen LogP) is 2.11. The van der Waals surface area contributed by atoms with E-state index in [2.05, 4.69) is 5.92 Å². The second kappa shape index (κ2) is 2.53. The van der Waals surface area contributed by atoms with Crippen LogP contribution in [0.1, 0.15) is 38.5 Å². The van der Waals surface area contributed by atoms with Crippen LogP contribution in [0, 0.1) is 12.3 Å². The number of hydrogen-bond donors (Lipinski definition) is 0. The fourth-order valence-electron chi connectivity index (χ4n) is 2.00. The first-order chi connectivity index (χ1) is 5.37. The van der Waals surface area contributed by atoms with Crippen molar-refractivity contribution in [3.8, 4) is 12.3 Å². The Labute approximate surface area is 68.1 Å². The molecule has 0 aromatic rings. The van der Waals surface area contributed by atoms with Gasteiger partial charge in [-0.05, 0) is 19.3 Å². The van der Waals surface area contributed by atoms with Crippen LogP contribution in [0.4, 0.5) is 0 Å². The summed E-state index contributed by atoms with van der Waals surface area (Å²) in [6.45, 7) is 0. The van der Waals surface area contributed by atoms with E-state index in [1.807, 2.05) is 0 Å². The molecular formula is C10H14O. The quantitative estimate of drug-likeness (QED) is 0.380. The van der Waals surface area contributed by atoms with Gasteiger partial charge in [-0.15, -0.1) is 6.42 Å². The molecule has 2 unspecified atom stereocenters. The Bertz CT molecular complexity index is 192. The van der Waals surface area contributed by atoms with Crippen LogP contribution in [-0.2, 0) is 4.74 Å². The van der Waals surface area contributed by atoms with Crippen LogP contribution < -0.4 is 0 Å². The standard InChI is InChI=1S/C10H14O/c1-2-10-8-6-4-3-5-7-9(10)11-10/h1,9H,3-8H2. The van der Waals surface area contributed by atoms with Crippen LogP contribution in [0.15, 0.2) is 0 Å². The van der Waals surface area contributed by atoms with Gasteiger partial charge in [-0.1, -0.05) is 25.2 Å². The Morgan fingerprint density at radius 3 is 2.91 bits per heavy atom. The first kappa shape index (κ1) is 7.18. The zero-order chi connectivity index (χ0) is 7.73. The summed E-state index contributed by atoms with van der Waals surface area (Å²) >= 11 is 0. The van der Waals surface area contributed by atoms with E-state index < -0.39 is 0 Å². The lowest BCUT2D eigenvalue weighted by molar-refractivity contribution is 0.322. The molecule has 0 bridgehead atoms. The maximum atomic E-state index is 5.54. The Morgan fingerprint density at radius 2 is 2.09 bits per heavy atom. The van der Waals surface area contributed by atoms with Crippen molar-refractivity contribution in [3.05, 3.63) is 0 Å². The van der Waals surface area contributed by atoms with Gasteiger partial charge in [-0.3, -0.25) is 0 Å². The van der Waals surface area contributed by atoms with Crippen molar-refractivity contribution >= 4 is 0 Å². The van der Waals surface area contributed by atoms with Crippen molar-refractivity contribution in [2.75, 3.05) is 0 Å². The van der Waals surface area contributed by atoms with Crippen LogP contribution in [0.5, 0.6) is 0 Å². The first-order valence-electron chi connectivity index (χ1n) is 4.53. The van der Waals surface area contributed by atoms with E-state index in [0.29, 0.717) is 6.10 Å². The molecule has 2 fully saturated rings. The van der Waals surface area contributed by atoms with Crippen molar-refractivity contribution in [1.29, 1.82) is 0 Å². The maximum absolute atomic E-state index is 5.54. The van der Waals surface area contributed by atoms with Crippen molar-refractivity contribution in [2.24, 2.45) is 0 Å². The number of hydrogen-bond acceptors (Lipinski definition) is 1. The fourth-order valence-corrected chi connectivity index (χ4v) is 2.00. The molecule has 2 aliphatic rings. The summed E-state index contributed by atoms with van der Waals surface area (Å²) < 4.78 is 5.54. The molecule has 0 radical (unpaired) electrons. The molecule has 1 saturated carbocycles. The van der Waals surface area contributed by atoms with Gasteiger partial charge in [0.2, 0.25) is 0 Å². The van der Waals surface area contributed by atoms with E-state index in [0.717, 1.165) is 6.42 Å². The molecule has 1 nitrogen and oxygen atoms in total. The first-order valence-corrected chi connectivity index (χ1v) is 4.53. The highest BCUT2D eigenvalue weighted by molar-refractivity contribution is 5.22. The number of ether oxygens (including phenoxy) is 1. The molecule has 2 rings (SSSR count). The summed E-state index contributed by atoms with van der Waals surface area (Å²) in [6.07, 6.45) is 13.4. The highest BCUT2D eigenvalue weighted by Gasteiger charge is 2.54. The highest BCUT2D eigenvalue weighted by atomic mass is 16.6. The van der Waals surface area contributed by atoms with Crippen LogP contribution in [0.2, 0.25) is 0 Å². The van der Waals surface area contributed by atoms with Gasteiger partial charge in [0.15, 0.2) is 5.60 Å². The van der Waals surface area contributed by atoms with Crippen molar-refractivity contribution in [3.63, 3.8) is 0 Å². The zero-order valence-corrected chi connectivity index (χ0v) is 6.81. The SMILES string of the molecule is C#CC12CCCCCCC1O2. The normalized spacial score (nSPS) is 43.0. The van der Waals surface area contributed by atoms with Gasteiger partial charge < -0.3 is 4.74 Å². The molecule has 0 aromatic heterocycles. The molecule has 1 aliphatic carbocycles. The van der Waals surface area contributed by atoms with Crippen molar-refractivity contribution in [2.45, 2.75) is 50.2 Å². The van der Waals surface area contributed by atoms with E-state index in [9.17, 15) is 0 Å². The largest absolute Gasteiger partial charge is 0.352 e. The fraction of sp³-hybridized carbons (Fsp3) is 0.800. The van der Waals surface area contributed by atoms with Crippen LogP contribution in [-0.4, -0.2) is 11.7 Å². The molecule has 0 amide bonds. The lowest BCUT2D eigenvalue weighted by Gasteiger charge is -2.08. The topological polar surface area (TPSA) is 12.5 Å². The molecule has 0 aromatic carbocycles. The molecule has 1 aliphatic heterocycles. The van der Waals surface area contributed by atoms with E-state index in [4.69, 9.17) is 11.2 Å². The van der Waals surface area contributed by atoms with Crippen molar-refractivity contribution < 1.29 is 4.74 Å². The minimum atomic E-state index is -0.111. The monoisotopic (exact) mass is 150 g/mol. The molecule has 1 heteroatoms. The lowest BCUT2D eigenvalue weighted by atomic mass is 9.92. The summed E-state index contributed by atoms with van der Waals surface area (Å²) in [5.41, 5.74) is -0.111. The van der Waals surface area contributed by atoms with E-state index in [-0.39, 0.29) is 5.60 Å². The molecule has 60 valence electrons. The molecule has 0 spiro atoms. The van der Waals surface area contributed by atoms with Crippen molar-refractivity contribution in [1.82, 2.24) is 0 Å². The van der Waals surface area contributed by atoms with Crippen LogP contribution in [0.3, 0.4) is 0 Å². The van der Waals surface area contributed by atoms with Gasteiger partial charge in [0.1, 0.15) is 0 Å². The molecule has 2 atom stereocenters. The maximum Gasteiger partial charge on any atom is 0.154 e. The van der Waals surface area contributed by atoms with E-state index >= 15 is 0 Å². The Morgan fingerprint density at radius 1 is 1.27 bits per heavy atom. The Hall–Kier alpha value is -0.480. The van der Waals surface area contributed by atoms with Crippen LogP contribution in [0.25, 0.3) is 0 Å². The second-order valence-electron chi connectivity index (χ2n) is 3.59. The van der Waals surface area contributed by atoms with E-state index in [1.165, 1.54) is 32.1 Å². The summed E-state index contributed by atoms with van der Waals surface area (Å²) in [4.78, 5) is 0. The second-order valence-corrected chi connectivity index (χ2v) is 3.59. The number of epoxide rings is 1. The third-order valence-electron chi connectivity index (χ3n) is 2.82. The van der Waals surface area contributed by atoms with Gasteiger partial charge in [0.05, 0.1) is 6.10 Å². The minimum Gasteiger partial charge on any atom is -0.352 e. The van der Waals surface area contributed by atoms with Gasteiger partial charge in [-0.2, -0.15) is 0 Å². The average Bonchev–Trinajstić information content (AvgIpc) is 2.64. The predicted molar refractivity (Wildman–Crippen MR) is 44.1 cm³/mol. The third-order valence-corrected chi connectivity index (χ3v) is 2.82. The summed E-state index contributed by atoms with van der Waals surface area (Å²) in [7, 11) is 0. The Kier molecular flexibility index (Phi) is 1.65. The minimum absolute atomic E-state index is 0.111. The number of rotatable bonds is 0. The smallest absolute Gasteiger partial charge is 0.154 e. The van der Waals surface area contributed by atoms with Crippen LogP contribution >= 0.6 is 0 Å². The molecule has 11 heavy (non-hydrogen) atoms. The summed E-state index contributed by atoms with van der Waals surface area (Å²) in [6, 6.07) is 0. The average molecular weight is 150 g/mol. The van der Waals surface area contributed by atoms with Gasteiger partial charge in [0.25, 0.3) is 0 Å². The molecule has 1 saturated heterocycles. The highest BCUT2D eigenvalue weighted by Crippen LogP contribution is 2.44. The number of fused-ring (bicyclic) bond motifs is 1. The van der Waals surface area contributed by atoms with Gasteiger partial charge in [0, 0.05) is 0 Å². The molecule has 0 N–H and O–H groups in total. The van der Waals surface area contributed by atoms with Gasteiger partial charge in [-0.25, -0.2) is 0 Å². The molecule has 1 heterocycles. The van der Waals surface area contributed by atoms with E-state index in [1.54, 1.807) is 0 Å². The third kappa shape index (κ3) is 1.16. The zero-order valence-electron chi connectivity index (χ0n) is 6.81. The lowest BCUT2D eigenvalue weighted by Crippen LogP contribution is -2.13. The number of terminal acetylenes is 1. The summed E-state index contributed by atoms with van der Waals surface area (Å²) in [5.74, 6) is 2.80.